The topological polar surface area (TPSA) is 45.2 Å². The molecule has 0 radical (unpaired) electrons. The van der Waals surface area contributed by atoms with E-state index >= 15 is 0 Å². The molecule has 2 N–H and O–H groups in total. The predicted molar refractivity (Wildman–Crippen MR) is 69.2 cm³/mol. The lowest BCUT2D eigenvalue weighted by Gasteiger charge is -2.19. The summed E-state index contributed by atoms with van der Waals surface area (Å²) in [5.41, 5.74) is 1.02. The van der Waals surface area contributed by atoms with Crippen LogP contribution in [0.3, 0.4) is 0 Å². The Morgan fingerprint density at radius 3 is 2.50 bits per heavy atom. The maximum atomic E-state index is 9.12. The molecule has 92 valence electrons. The van der Waals surface area contributed by atoms with Crippen molar-refractivity contribution in [1.82, 2.24) is 10.3 Å². The van der Waals surface area contributed by atoms with Crippen molar-refractivity contribution < 1.29 is 5.11 Å². The number of aromatic hydroxyl groups is 1. The first-order valence-electron chi connectivity index (χ1n) is 5.51. The molecule has 0 aliphatic rings. The van der Waals surface area contributed by atoms with Crippen molar-refractivity contribution in [3.8, 4) is 5.75 Å². The number of hydrogen-bond donors (Lipinski definition) is 2. The second-order valence-corrected chi connectivity index (χ2v) is 4.14. The fourth-order valence-corrected chi connectivity index (χ4v) is 1.58. The fraction of sp³-hybridized carbons (Fsp3) is 0.583. The van der Waals surface area contributed by atoms with Gasteiger partial charge in [0.1, 0.15) is 5.75 Å². The van der Waals surface area contributed by atoms with Gasteiger partial charge in [-0.15, -0.1) is 12.4 Å². The number of hydrogen-bond acceptors (Lipinski definition) is 3. The third-order valence-corrected chi connectivity index (χ3v) is 2.33. The van der Waals surface area contributed by atoms with Crippen LogP contribution in [0.1, 0.15) is 32.9 Å². The van der Waals surface area contributed by atoms with Crippen LogP contribution in [0.5, 0.6) is 5.75 Å². The van der Waals surface area contributed by atoms with E-state index in [4.69, 9.17) is 5.11 Å². The van der Waals surface area contributed by atoms with Crippen LogP contribution < -0.4 is 5.32 Å². The molecule has 4 heteroatoms. The molecule has 1 heterocycles. The van der Waals surface area contributed by atoms with E-state index in [-0.39, 0.29) is 18.2 Å². The second kappa shape index (κ2) is 7.47. The number of rotatable bonds is 5. The van der Waals surface area contributed by atoms with Gasteiger partial charge in [-0.1, -0.05) is 20.8 Å². The molecule has 0 bridgehead atoms. The Morgan fingerprint density at radius 2 is 2.06 bits per heavy atom. The van der Waals surface area contributed by atoms with E-state index in [1.54, 1.807) is 6.07 Å². The van der Waals surface area contributed by atoms with Gasteiger partial charge in [0.05, 0.1) is 6.20 Å². The molecule has 1 aromatic heterocycles. The first kappa shape index (κ1) is 15.2. The maximum Gasteiger partial charge on any atom is 0.133 e. The van der Waals surface area contributed by atoms with E-state index in [1.807, 2.05) is 6.07 Å². The quantitative estimate of drug-likeness (QED) is 0.837. The Kier molecular flexibility index (Phi) is 7.10. The minimum absolute atomic E-state index is 0. The molecule has 16 heavy (non-hydrogen) atoms. The highest BCUT2D eigenvalue weighted by Gasteiger charge is 2.08. The van der Waals surface area contributed by atoms with Crippen LogP contribution in [0.2, 0.25) is 0 Å². The molecule has 0 fully saturated rings. The normalized spacial score (nSPS) is 12.2. The van der Waals surface area contributed by atoms with Crippen LogP contribution >= 0.6 is 12.4 Å². The van der Waals surface area contributed by atoms with Crippen LogP contribution in [0.25, 0.3) is 0 Å². The van der Waals surface area contributed by atoms with E-state index in [1.165, 1.54) is 6.20 Å². The minimum atomic E-state index is 0. The number of halogens is 1. The fourth-order valence-electron chi connectivity index (χ4n) is 1.58. The Hall–Kier alpha value is -0.800. The van der Waals surface area contributed by atoms with E-state index < -0.39 is 0 Å². The van der Waals surface area contributed by atoms with Crippen LogP contribution in [0.4, 0.5) is 0 Å². The molecule has 1 atom stereocenters. The highest BCUT2D eigenvalue weighted by atomic mass is 35.5. The van der Waals surface area contributed by atoms with Gasteiger partial charge in [-0.25, -0.2) is 0 Å². The van der Waals surface area contributed by atoms with Crippen molar-refractivity contribution in [3.63, 3.8) is 0 Å². The van der Waals surface area contributed by atoms with E-state index in [2.05, 4.69) is 31.1 Å². The molecular weight excluding hydrogens is 224 g/mol. The molecule has 1 unspecified atom stereocenters. The number of nitrogens with one attached hydrogen (secondary N) is 1. The number of nitrogens with zero attached hydrogens (tertiary/aromatic N) is 1. The summed E-state index contributed by atoms with van der Waals surface area (Å²) in [7, 11) is 0. The van der Waals surface area contributed by atoms with Gasteiger partial charge in [0.15, 0.2) is 0 Å². The second-order valence-electron chi connectivity index (χ2n) is 4.14. The summed E-state index contributed by atoms with van der Waals surface area (Å²) in [6.07, 6.45) is 3.49. The predicted octanol–water partition coefficient (Wildman–Crippen LogP) is 2.53. The first-order chi connectivity index (χ1) is 7.11. The van der Waals surface area contributed by atoms with E-state index in [0.717, 1.165) is 18.5 Å². The SMILES string of the molecule is CCC(Cc1ccc(O)cn1)NC(C)C.Cl. The molecule has 0 aliphatic carbocycles. The van der Waals surface area contributed by atoms with Crippen LogP contribution in [-0.2, 0) is 6.42 Å². The van der Waals surface area contributed by atoms with Gasteiger partial charge in [-0.05, 0) is 18.6 Å². The van der Waals surface area contributed by atoms with Gasteiger partial charge in [0.25, 0.3) is 0 Å². The summed E-state index contributed by atoms with van der Waals surface area (Å²) >= 11 is 0. The van der Waals surface area contributed by atoms with Crippen molar-refractivity contribution in [1.29, 1.82) is 0 Å². The van der Waals surface area contributed by atoms with Crippen molar-refractivity contribution >= 4 is 12.4 Å². The minimum Gasteiger partial charge on any atom is -0.506 e. The molecule has 0 aromatic carbocycles. The van der Waals surface area contributed by atoms with E-state index in [0.29, 0.717) is 12.1 Å². The van der Waals surface area contributed by atoms with Crippen molar-refractivity contribution in [2.75, 3.05) is 0 Å². The van der Waals surface area contributed by atoms with Gasteiger partial charge in [0.2, 0.25) is 0 Å². The van der Waals surface area contributed by atoms with Gasteiger partial charge < -0.3 is 10.4 Å². The van der Waals surface area contributed by atoms with Gasteiger partial charge in [0, 0.05) is 24.2 Å². The Labute approximate surface area is 104 Å². The highest BCUT2D eigenvalue weighted by molar-refractivity contribution is 5.85. The zero-order valence-corrected chi connectivity index (χ0v) is 10.9. The average molecular weight is 245 g/mol. The zero-order valence-electron chi connectivity index (χ0n) is 10.1. The monoisotopic (exact) mass is 244 g/mol. The van der Waals surface area contributed by atoms with Crippen molar-refractivity contribution in [2.24, 2.45) is 0 Å². The average Bonchev–Trinajstić information content (AvgIpc) is 2.19. The van der Waals surface area contributed by atoms with Gasteiger partial charge in [-0.3, -0.25) is 4.98 Å². The number of aromatic nitrogens is 1. The van der Waals surface area contributed by atoms with Crippen LogP contribution in [0.15, 0.2) is 18.3 Å². The number of pyridine rings is 1. The Bertz CT molecular complexity index is 288. The summed E-state index contributed by atoms with van der Waals surface area (Å²) in [4.78, 5) is 4.18. The molecule has 0 amide bonds. The lowest BCUT2D eigenvalue weighted by Crippen LogP contribution is -2.36. The molecule has 3 nitrogen and oxygen atoms in total. The highest BCUT2D eigenvalue weighted by Crippen LogP contribution is 2.09. The van der Waals surface area contributed by atoms with E-state index in [9.17, 15) is 0 Å². The molecule has 0 saturated carbocycles. The van der Waals surface area contributed by atoms with Gasteiger partial charge >= 0.3 is 0 Å². The molecule has 1 rings (SSSR count). The largest absolute Gasteiger partial charge is 0.506 e. The summed E-state index contributed by atoms with van der Waals surface area (Å²) in [6, 6.07) is 4.51. The van der Waals surface area contributed by atoms with Crippen molar-refractivity contribution in [2.45, 2.75) is 45.7 Å². The summed E-state index contributed by atoms with van der Waals surface area (Å²) in [6.45, 7) is 6.46. The zero-order chi connectivity index (χ0) is 11.3. The smallest absolute Gasteiger partial charge is 0.133 e. The lowest BCUT2D eigenvalue weighted by atomic mass is 10.1. The summed E-state index contributed by atoms with van der Waals surface area (Å²) < 4.78 is 0. The summed E-state index contributed by atoms with van der Waals surface area (Å²) in [5.74, 6) is 0.226. The van der Waals surface area contributed by atoms with Crippen molar-refractivity contribution in [3.05, 3.63) is 24.0 Å². The molecule has 0 spiro atoms. The summed E-state index contributed by atoms with van der Waals surface area (Å²) in [5, 5.41) is 12.6. The van der Waals surface area contributed by atoms with Crippen LogP contribution in [0, 0.1) is 0 Å². The third kappa shape index (κ3) is 5.33. The standard InChI is InChI=1S/C12H20N2O.ClH/c1-4-10(14-9(2)3)7-11-5-6-12(15)8-13-11;/h5-6,8-10,14-15H,4,7H2,1-3H3;1H. The lowest BCUT2D eigenvalue weighted by molar-refractivity contribution is 0.443. The molecule has 1 aromatic rings. The molecule has 0 saturated heterocycles. The van der Waals surface area contributed by atoms with Crippen LogP contribution in [-0.4, -0.2) is 22.2 Å². The Morgan fingerprint density at radius 1 is 1.38 bits per heavy atom. The Balaban J connectivity index is 0.00000225. The van der Waals surface area contributed by atoms with Gasteiger partial charge in [-0.2, -0.15) is 0 Å². The first-order valence-corrected chi connectivity index (χ1v) is 5.51. The molecular formula is C12H21ClN2O. The maximum absolute atomic E-state index is 9.12. The third-order valence-electron chi connectivity index (χ3n) is 2.33. The molecule has 0 aliphatic heterocycles.